The number of hydrogen-bond acceptors (Lipinski definition) is 3. The summed E-state index contributed by atoms with van der Waals surface area (Å²) in [5.41, 5.74) is 6.08. The number of nitrogens with two attached hydrogens (primary N) is 1. The van der Waals surface area contributed by atoms with Gasteiger partial charge in [-0.05, 0) is 56.9 Å². The topological polar surface area (TPSA) is 58.4 Å². The fourth-order valence-corrected chi connectivity index (χ4v) is 4.81. The number of rotatable bonds is 2. The molecular formula is C16H29N3O. The van der Waals surface area contributed by atoms with Crippen molar-refractivity contribution in [3.63, 3.8) is 0 Å². The van der Waals surface area contributed by atoms with Gasteiger partial charge in [0.2, 0.25) is 5.91 Å². The fraction of sp³-hybridized carbons (Fsp3) is 0.938. The zero-order chi connectivity index (χ0) is 14.1. The Hall–Kier alpha value is -0.610. The average molecular weight is 279 g/mol. The van der Waals surface area contributed by atoms with E-state index in [0.29, 0.717) is 5.41 Å². The molecule has 1 spiro atoms. The molecule has 0 aromatic carbocycles. The second kappa shape index (κ2) is 5.64. The van der Waals surface area contributed by atoms with Crippen LogP contribution in [0.1, 0.15) is 57.8 Å². The Morgan fingerprint density at radius 1 is 0.900 bits per heavy atom. The van der Waals surface area contributed by atoms with E-state index in [1.54, 1.807) is 0 Å². The van der Waals surface area contributed by atoms with Crippen LogP contribution >= 0.6 is 0 Å². The molecule has 1 amide bonds. The quantitative estimate of drug-likeness (QED) is 0.808. The van der Waals surface area contributed by atoms with Crippen molar-refractivity contribution in [2.24, 2.45) is 11.1 Å². The minimum atomic E-state index is -0.347. The van der Waals surface area contributed by atoms with Gasteiger partial charge in [0.25, 0.3) is 0 Å². The van der Waals surface area contributed by atoms with Crippen molar-refractivity contribution in [1.29, 1.82) is 0 Å². The van der Waals surface area contributed by atoms with Crippen LogP contribution < -0.4 is 11.1 Å². The Morgan fingerprint density at radius 3 is 2.25 bits per heavy atom. The number of carbonyl (C=O) groups is 1. The SMILES string of the molecule is NC(=O)C1(N2CCCNCC2)CCC2(CCCC2)CC1. The lowest BCUT2D eigenvalue weighted by atomic mass is 9.65. The van der Waals surface area contributed by atoms with E-state index >= 15 is 0 Å². The highest BCUT2D eigenvalue weighted by Crippen LogP contribution is 2.52. The summed E-state index contributed by atoms with van der Waals surface area (Å²) in [6.07, 6.45) is 11.0. The molecule has 0 unspecified atom stereocenters. The van der Waals surface area contributed by atoms with E-state index in [0.717, 1.165) is 45.4 Å². The summed E-state index contributed by atoms with van der Waals surface area (Å²) < 4.78 is 0. The van der Waals surface area contributed by atoms with Crippen molar-refractivity contribution >= 4 is 5.91 Å². The summed E-state index contributed by atoms with van der Waals surface area (Å²) in [6.45, 7) is 4.04. The summed E-state index contributed by atoms with van der Waals surface area (Å²) in [4.78, 5) is 14.7. The summed E-state index contributed by atoms with van der Waals surface area (Å²) >= 11 is 0. The normalized spacial score (nSPS) is 30.2. The maximum atomic E-state index is 12.3. The predicted molar refractivity (Wildman–Crippen MR) is 80.4 cm³/mol. The van der Waals surface area contributed by atoms with Gasteiger partial charge >= 0.3 is 0 Å². The molecule has 0 aromatic heterocycles. The number of carbonyl (C=O) groups excluding carboxylic acids is 1. The van der Waals surface area contributed by atoms with Crippen molar-refractivity contribution < 1.29 is 4.79 Å². The van der Waals surface area contributed by atoms with E-state index < -0.39 is 0 Å². The minimum absolute atomic E-state index is 0.0766. The van der Waals surface area contributed by atoms with Gasteiger partial charge in [-0.3, -0.25) is 9.69 Å². The van der Waals surface area contributed by atoms with E-state index in [1.807, 2.05) is 0 Å². The van der Waals surface area contributed by atoms with E-state index in [2.05, 4.69) is 10.2 Å². The second-order valence-electron chi connectivity index (χ2n) is 7.19. The van der Waals surface area contributed by atoms with Gasteiger partial charge in [0.1, 0.15) is 5.54 Å². The number of nitrogens with zero attached hydrogens (tertiary/aromatic N) is 1. The highest BCUT2D eigenvalue weighted by Gasteiger charge is 2.49. The van der Waals surface area contributed by atoms with Crippen LogP contribution in [-0.4, -0.2) is 42.5 Å². The Bertz CT molecular complexity index is 345. The van der Waals surface area contributed by atoms with Crippen molar-refractivity contribution in [1.82, 2.24) is 10.2 Å². The van der Waals surface area contributed by atoms with Crippen molar-refractivity contribution in [3.05, 3.63) is 0 Å². The van der Waals surface area contributed by atoms with E-state index in [4.69, 9.17) is 5.73 Å². The summed E-state index contributed by atoms with van der Waals surface area (Å²) in [7, 11) is 0. The first-order chi connectivity index (χ1) is 9.67. The molecule has 2 aliphatic carbocycles. The Labute approximate surface area is 122 Å². The van der Waals surface area contributed by atoms with Gasteiger partial charge in [-0.15, -0.1) is 0 Å². The molecule has 3 aliphatic rings. The molecule has 1 aliphatic heterocycles. The largest absolute Gasteiger partial charge is 0.368 e. The Kier molecular flexibility index (Phi) is 4.04. The van der Waals surface area contributed by atoms with Crippen LogP contribution in [0.5, 0.6) is 0 Å². The lowest BCUT2D eigenvalue weighted by Gasteiger charge is -2.48. The average Bonchev–Trinajstić information content (AvgIpc) is 2.74. The van der Waals surface area contributed by atoms with Gasteiger partial charge in [-0.2, -0.15) is 0 Å². The third-order valence-corrected chi connectivity index (χ3v) is 6.21. The fourth-order valence-electron chi connectivity index (χ4n) is 4.81. The molecule has 1 heterocycles. The first-order valence-electron chi connectivity index (χ1n) is 8.43. The molecule has 4 heteroatoms. The van der Waals surface area contributed by atoms with Gasteiger partial charge in [0, 0.05) is 19.6 Å². The zero-order valence-electron chi connectivity index (χ0n) is 12.6. The summed E-state index contributed by atoms with van der Waals surface area (Å²) in [6, 6.07) is 0. The van der Waals surface area contributed by atoms with Gasteiger partial charge in [-0.25, -0.2) is 0 Å². The van der Waals surface area contributed by atoms with Gasteiger partial charge < -0.3 is 11.1 Å². The molecule has 20 heavy (non-hydrogen) atoms. The molecule has 0 atom stereocenters. The summed E-state index contributed by atoms with van der Waals surface area (Å²) in [5, 5.41) is 3.43. The van der Waals surface area contributed by atoms with Crippen LogP contribution in [0, 0.1) is 5.41 Å². The highest BCUT2D eigenvalue weighted by atomic mass is 16.1. The lowest BCUT2D eigenvalue weighted by molar-refractivity contribution is -0.134. The predicted octanol–water partition coefficient (Wildman–Crippen LogP) is 1.64. The first kappa shape index (κ1) is 14.3. The molecule has 3 rings (SSSR count). The van der Waals surface area contributed by atoms with E-state index in [-0.39, 0.29) is 11.4 Å². The van der Waals surface area contributed by atoms with Crippen LogP contribution in [-0.2, 0) is 4.79 Å². The van der Waals surface area contributed by atoms with Crippen molar-refractivity contribution in [3.8, 4) is 0 Å². The number of hydrogen-bond donors (Lipinski definition) is 2. The van der Waals surface area contributed by atoms with Gasteiger partial charge in [0.05, 0.1) is 0 Å². The van der Waals surface area contributed by atoms with E-state index in [9.17, 15) is 4.79 Å². The molecule has 3 N–H and O–H groups in total. The van der Waals surface area contributed by atoms with Crippen molar-refractivity contribution in [2.45, 2.75) is 63.3 Å². The highest BCUT2D eigenvalue weighted by molar-refractivity contribution is 5.84. The molecule has 4 nitrogen and oxygen atoms in total. The number of amides is 1. The molecule has 114 valence electrons. The number of nitrogens with one attached hydrogen (secondary N) is 1. The molecule has 0 bridgehead atoms. The third kappa shape index (κ3) is 2.48. The molecule has 3 fully saturated rings. The Morgan fingerprint density at radius 2 is 1.60 bits per heavy atom. The first-order valence-corrected chi connectivity index (χ1v) is 8.43. The molecule has 1 saturated heterocycles. The zero-order valence-corrected chi connectivity index (χ0v) is 12.6. The minimum Gasteiger partial charge on any atom is -0.368 e. The summed E-state index contributed by atoms with van der Waals surface area (Å²) in [5.74, 6) is -0.0766. The van der Waals surface area contributed by atoms with Crippen LogP contribution in [0.25, 0.3) is 0 Å². The monoisotopic (exact) mass is 279 g/mol. The van der Waals surface area contributed by atoms with Gasteiger partial charge in [0.15, 0.2) is 0 Å². The van der Waals surface area contributed by atoms with Crippen molar-refractivity contribution in [2.75, 3.05) is 26.2 Å². The Balaban J connectivity index is 1.74. The smallest absolute Gasteiger partial charge is 0.237 e. The van der Waals surface area contributed by atoms with Crippen LogP contribution in [0.15, 0.2) is 0 Å². The second-order valence-corrected chi connectivity index (χ2v) is 7.19. The van der Waals surface area contributed by atoms with Crippen LogP contribution in [0.2, 0.25) is 0 Å². The molecule has 0 radical (unpaired) electrons. The van der Waals surface area contributed by atoms with E-state index in [1.165, 1.54) is 38.5 Å². The van der Waals surface area contributed by atoms with Crippen LogP contribution in [0.3, 0.4) is 0 Å². The van der Waals surface area contributed by atoms with Gasteiger partial charge in [-0.1, -0.05) is 12.8 Å². The molecular weight excluding hydrogens is 250 g/mol. The van der Waals surface area contributed by atoms with Crippen LogP contribution in [0.4, 0.5) is 0 Å². The molecule has 2 saturated carbocycles. The molecule has 0 aromatic rings. The number of primary amides is 1. The maximum absolute atomic E-state index is 12.3. The maximum Gasteiger partial charge on any atom is 0.237 e. The third-order valence-electron chi connectivity index (χ3n) is 6.21. The standard InChI is InChI=1S/C16H29N3O/c17-14(20)16(19-12-3-10-18-11-13-19)8-6-15(7-9-16)4-1-2-5-15/h18H,1-13H2,(H2,17,20). The lowest BCUT2D eigenvalue weighted by Crippen LogP contribution is -2.60.